The zero-order chi connectivity index (χ0) is 15.2. The molecular formula is C15H18N2O4. The van der Waals surface area contributed by atoms with E-state index in [2.05, 4.69) is 10.2 Å². The largest absolute Gasteiger partial charge is 0.485 e. The van der Waals surface area contributed by atoms with Crippen LogP contribution in [-0.4, -0.2) is 42.6 Å². The van der Waals surface area contributed by atoms with Gasteiger partial charge >= 0.3 is 5.97 Å². The second-order valence-corrected chi connectivity index (χ2v) is 4.50. The monoisotopic (exact) mass is 290 g/mol. The molecule has 0 bridgehead atoms. The van der Waals surface area contributed by atoms with Gasteiger partial charge in [0.2, 0.25) is 5.69 Å². The van der Waals surface area contributed by atoms with Gasteiger partial charge in [0.15, 0.2) is 5.75 Å². The molecule has 0 fully saturated rings. The predicted octanol–water partition coefficient (Wildman–Crippen LogP) is 2.22. The lowest BCUT2D eigenvalue weighted by molar-refractivity contribution is 0.0502. The van der Waals surface area contributed by atoms with Crippen molar-refractivity contribution in [1.82, 2.24) is 10.2 Å². The molecule has 1 aromatic heterocycles. The van der Waals surface area contributed by atoms with Gasteiger partial charge in [-0.25, -0.2) is 4.79 Å². The van der Waals surface area contributed by atoms with Gasteiger partial charge in [0.25, 0.3) is 0 Å². The lowest BCUT2D eigenvalue weighted by atomic mass is 10.2. The Morgan fingerprint density at radius 1 is 1.29 bits per heavy atom. The third-order valence-electron chi connectivity index (χ3n) is 2.81. The number of carbonyl (C=O) groups excluding carboxylic acids is 1. The minimum absolute atomic E-state index is 0.0819. The lowest BCUT2D eigenvalue weighted by Gasteiger charge is -2.17. The number of nitrogens with zero attached hydrogens (tertiary/aromatic N) is 2. The van der Waals surface area contributed by atoms with Crippen LogP contribution in [0.3, 0.4) is 0 Å². The summed E-state index contributed by atoms with van der Waals surface area (Å²) in [6, 6.07) is 7.35. The van der Waals surface area contributed by atoms with E-state index in [-0.39, 0.29) is 18.4 Å². The topological polar surface area (TPSA) is 70.5 Å². The molecule has 21 heavy (non-hydrogen) atoms. The summed E-state index contributed by atoms with van der Waals surface area (Å²) in [5.74, 6) is -0.168. The van der Waals surface area contributed by atoms with Crippen molar-refractivity contribution in [1.29, 1.82) is 0 Å². The highest BCUT2D eigenvalue weighted by Crippen LogP contribution is 2.28. The van der Waals surface area contributed by atoms with Crippen molar-refractivity contribution in [2.24, 2.45) is 0 Å². The Kier molecular flexibility index (Phi) is 5.05. The van der Waals surface area contributed by atoms with E-state index >= 15 is 0 Å². The molecule has 2 aromatic rings. The molecule has 0 radical (unpaired) electrons. The maximum Gasteiger partial charge on any atom is 0.362 e. The fraction of sp³-hybridized carbons (Fsp3) is 0.400. The molecule has 0 amide bonds. The van der Waals surface area contributed by atoms with E-state index < -0.39 is 5.97 Å². The Morgan fingerprint density at radius 2 is 2.05 bits per heavy atom. The molecule has 0 aliphatic heterocycles. The number of hydrogen-bond acceptors (Lipinski definition) is 6. The van der Waals surface area contributed by atoms with Crippen LogP contribution < -0.4 is 4.74 Å². The molecule has 6 heteroatoms. The average molecular weight is 290 g/mol. The molecule has 0 aliphatic carbocycles. The zero-order valence-electron chi connectivity index (χ0n) is 12.3. The van der Waals surface area contributed by atoms with Crippen LogP contribution in [0.1, 0.15) is 24.3 Å². The van der Waals surface area contributed by atoms with Gasteiger partial charge in [0, 0.05) is 12.5 Å². The van der Waals surface area contributed by atoms with Crippen LogP contribution in [0.4, 0.5) is 0 Å². The second kappa shape index (κ2) is 6.99. The summed E-state index contributed by atoms with van der Waals surface area (Å²) in [5.41, 5.74) is 0.740. The van der Waals surface area contributed by atoms with E-state index in [1.807, 2.05) is 31.2 Å². The fourth-order valence-electron chi connectivity index (χ4n) is 1.95. The minimum Gasteiger partial charge on any atom is -0.485 e. The van der Waals surface area contributed by atoms with Crippen LogP contribution in [0.2, 0.25) is 0 Å². The van der Waals surface area contributed by atoms with Gasteiger partial charge in [-0.3, -0.25) is 0 Å². The number of ether oxygens (including phenoxy) is 3. The quantitative estimate of drug-likeness (QED) is 0.760. The predicted molar refractivity (Wildman–Crippen MR) is 77.5 cm³/mol. The Balaban J connectivity index is 2.49. The van der Waals surface area contributed by atoms with E-state index in [1.54, 1.807) is 14.0 Å². The maximum atomic E-state index is 12.0. The van der Waals surface area contributed by atoms with E-state index in [9.17, 15) is 4.79 Å². The van der Waals surface area contributed by atoms with Crippen molar-refractivity contribution >= 4 is 16.9 Å². The molecule has 0 saturated carbocycles. The normalized spacial score (nSPS) is 12.1. The van der Waals surface area contributed by atoms with Gasteiger partial charge in [0.05, 0.1) is 18.7 Å². The highest BCUT2D eigenvalue weighted by molar-refractivity contribution is 5.97. The Hall–Kier alpha value is -2.21. The Morgan fingerprint density at radius 3 is 2.76 bits per heavy atom. The molecule has 0 N–H and O–H groups in total. The molecule has 1 aromatic carbocycles. The summed E-state index contributed by atoms with van der Waals surface area (Å²) in [5, 5.41) is 8.71. The standard InChI is InChI=1S/C15H18N2O4/c1-4-20-15(18)13-14(21-10(2)9-19-3)11-7-5-6-8-12(11)16-17-13/h5-8,10H,4,9H2,1-3H3. The van der Waals surface area contributed by atoms with E-state index in [1.165, 1.54) is 0 Å². The zero-order valence-corrected chi connectivity index (χ0v) is 12.3. The molecule has 1 atom stereocenters. The summed E-state index contributed by atoms with van der Waals surface area (Å²) < 4.78 is 15.9. The number of hydrogen-bond donors (Lipinski definition) is 0. The first-order valence-electron chi connectivity index (χ1n) is 6.75. The van der Waals surface area contributed by atoms with Crippen LogP contribution in [0.25, 0.3) is 10.9 Å². The maximum absolute atomic E-state index is 12.0. The molecule has 112 valence electrons. The van der Waals surface area contributed by atoms with Crippen LogP contribution in [0.5, 0.6) is 5.75 Å². The smallest absolute Gasteiger partial charge is 0.362 e. The number of methoxy groups -OCH3 is 1. The van der Waals surface area contributed by atoms with Gasteiger partial charge in [-0.05, 0) is 26.0 Å². The molecule has 6 nitrogen and oxygen atoms in total. The summed E-state index contributed by atoms with van der Waals surface area (Å²) in [6.45, 7) is 4.26. The Labute approximate surface area is 123 Å². The highest BCUT2D eigenvalue weighted by Gasteiger charge is 2.21. The van der Waals surface area contributed by atoms with Gasteiger partial charge in [-0.1, -0.05) is 12.1 Å². The highest BCUT2D eigenvalue weighted by atomic mass is 16.5. The van der Waals surface area contributed by atoms with Gasteiger partial charge < -0.3 is 14.2 Å². The molecule has 0 saturated heterocycles. The SMILES string of the molecule is CCOC(=O)c1nnc2ccccc2c1OC(C)COC. The molecule has 2 rings (SSSR count). The van der Waals surface area contributed by atoms with E-state index in [0.29, 0.717) is 17.9 Å². The van der Waals surface area contributed by atoms with Crippen molar-refractivity contribution in [3.8, 4) is 5.75 Å². The van der Waals surface area contributed by atoms with Gasteiger partial charge in [-0.15, -0.1) is 10.2 Å². The van der Waals surface area contributed by atoms with Crippen molar-refractivity contribution in [3.63, 3.8) is 0 Å². The van der Waals surface area contributed by atoms with Crippen molar-refractivity contribution < 1.29 is 19.0 Å². The number of aromatic nitrogens is 2. The van der Waals surface area contributed by atoms with Crippen LogP contribution in [0.15, 0.2) is 24.3 Å². The number of benzene rings is 1. The fourth-order valence-corrected chi connectivity index (χ4v) is 1.95. The molecule has 0 spiro atoms. The van der Waals surface area contributed by atoms with Crippen molar-refractivity contribution in [3.05, 3.63) is 30.0 Å². The summed E-state index contributed by atoms with van der Waals surface area (Å²) in [6.07, 6.45) is -0.226. The van der Waals surface area contributed by atoms with Crippen molar-refractivity contribution in [2.45, 2.75) is 20.0 Å². The number of fused-ring (bicyclic) bond motifs is 1. The minimum atomic E-state index is -0.546. The van der Waals surface area contributed by atoms with E-state index in [4.69, 9.17) is 14.2 Å². The third-order valence-corrected chi connectivity index (χ3v) is 2.81. The van der Waals surface area contributed by atoms with E-state index in [0.717, 1.165) is 5.39 Å². The van der Waals surface area contributed by atoms with Crippen LogP contribution in [0, 0.1) is 0 Å². The summed E-state index contributed by atoms with van der Waals surface area (Å²) in [7, 11) is 1.59. The first kappa shape index (κ1) is 15.2. The summed E-state index contributed by atoms with van der Waals surface area (Å²) in [4.78, 5) is 12.0. The summed E-state index contributed by atoms with van der Waals surface area (Å²) >= 11 is 0. The third kappa shape index (κ3) is 3.46. The first-order valence-corrected chi connectivity index (χ1v) is 6.75. The number of carbonyl (C=O) groups is 1. The average Bonchev–Trinajstić information content (AvgIpc) is 2.48. The molecule has 1 unspecified atom stereocenters. The molecular weight excluding hydrogens is 272 g/mol. The number of esters is 1. The van der Waals surface area contributed by atoms with Crippen LogP contribution in [-0.2, 0) is 9.47 Å². The second-order valence-electron chi connectivity index (χ2n) is 4.50. The first-order chi connectivity index (χ1) is 10.2. The van der Waals surface area contributed by atoms with Gasteiger partial charge in [-0.2, -0.15) is 0 Å². The molecule has 1 heterocycles. The lowest BCUT2D eigenvalue weighted by Crippen LogP contribution is -2.21. The van der Waals surface area contributed by atoms with Gasteiger partial charge in [0.1, 0.15) is 6.10 Å². The number of rotatable bonds is 6. The Bertz CT molecular complexity index is 630. The van der Waals surface area contributed by atoms with Crippen LogP contribution >= 0.6 is 0 Å². The van der Waals surface area contributed by atoms with Crippen molar-refractivity contribution in [2.75, 3.05) is 20.3 Å². The molecule has 0 aliphatic rings.